The Morgan fingerprint density at radius 2 is 2.17 bits per heavy atom. The Labute approximate surface area is 147 Å². The van der Waals surface area contributed by atoms with Crippen molar-refractivity contribution in [2.24, 2.45) is 0 Å². The van der Waals surface area contributed by atoms with Crippen LogP contribution in [0, 0.1) is 6.92 Å². The number of hydrogen-bond donors (Lipinski definition) is 2. The van der Waals surface area contributed by atoms with Gasteiger partial charge in [-0.05, 0) is 43.4 Å². The molecule has 1 amide bonds. The molecule has 0 radical (unpaired) electrons. The third kappa shape index (κ3) is 3.94. The first-order chi connectivity index (χ1) is 11.7. The number of aromatic nitrogens is 1. The zero-order chi connectivity index (χ0) is 16.9. The first-order valence-corrected chi connectivity index (χ1v) is 9.16. The highest BCUT2D eigenvalue weighted by Gasteiger charge is 2.24. The van der Waals surface area contributed by atoms with Crippen LogP contribution in [-0.2, 0) is 6.54 Å². The lowest BCUT2D eigenvalue weighted by molar-refractivity contribution is 0.0901. The molecule has 1 atom stereocenters. The van der Waals surface area contributed by atoms with Crippen LogP contribution in [0.15, 0.2) is 30.3 Å². The Hall–Kier alpha value is -1.92. The zero-order valence-corrected chi connectivity index (χ0v) is 15.0. The van der Waals surface area contributed by atoms with Crippen molar-refractivity contribution in [3.8, 4) is 0 Å². The van der Waals surface area contributed by atoms with E-state index in [2.05, 4.69) is 44.2 Å². The van der Waals surface area contributed by atoms with Crippen molar-refractivity contribution in [3.05, 3.63) is 47.2 Å². The molecule has 3 rings (SSSR count). The summed E-state index contributed by atoms with van der Waals surface area (Å²) >= 11 is 1.34. The molecule has 2 aromatic rings. The van der Waals surface area contributed by atoms with Gasteiger partial charge in [0.1, 0.15) is 5.00 Å². The van der Waals surface area contributed by atoms with Crippen LogP contribution >= 0.6 is 11.5 Å². The van der Waals surface area contributed by atoms with E-state index in [0.717, 1.165) is 43.2 Å². The molecule has 1 unspecified atom stereocenters. The van der Waals surface area contributed by atoms with Crippen LogP contribution in [0.1, 0.15) is 34.5 Å². The molecule has 0 bridgehead atoms. The number of hydrogen-bond acceptors (Lipinski definition) is 5. The van der Waals surface area contributed by atoms with Gasteiger partial charge in [0.05, 0.1) is 11.3 Å². The van der Waals surface area contributed by atoms with Crippen LogP contribution in [0.25, 0.3) is 0 Å². The lowest BCUT2D eigenvalue weighted by Gasteiger charge is -2.33. The molecule has 6 heteroatoms. The van der Waals surface area contributed by atoms with Gasteiger partial charge in [-0.25, -0.2) is 0 Å². The Kier molecular flexibility index (Phi) is 5.48. The molecule has 1 aromatic carbocycles. The average molecular weight is 344 g/mol. The molecule has 1 aromatic heterocycles. The van der Waals surface area contributed by atoms with Crippen molar-refractivity contribution >= 4 is 22.4 Å². The fourth-order valence-electron chi connectivity index (χ4n) is 3.22. The molecule has 5 nitrogen and oxygen atoms in total. The molecule has 2 heterocycles. The number of aryl methyl sites for hydroxylation is 1. The predicted molar refractivity (Wildman–Crippen MR) is 98.6 cm³/mol. The van der Waals surface area contributed by atoms with Crippen LogP contribution < -0.4 is 10.6 Å². The summed E-state index contributed by atoms with van der Waals surface area (Å²) in [6.45, 7) is 4.80. The van der Waals surface area contributed by atoms with E-state index in [1.54, 1.807) is 0 Å². The summed E-state index contributed by atoms with van der Waals surface area (Å²) in [7, 11) is 1.83. The van der Waals surface area contributed by atoms with Gasteiger partial charge in [-0.15, -0.1) is 0 Å². The Morgan fingerprint density at radius 1 is 1.38 bits per heavy atom. The minimum absolute atomic E-state index is 0.0165. The standard InChI is InChI=1S/C18H24N4OS/c1-13-16(18(19-2)24-21-13)17(23)20-15-9-6-10-22(12-15)11-14-7-4-3-5-8-14/h3-5,7-8,15,19H,6,9-12H2,1-2H3,(H,20,23). The van der Waals surface area contributed by atoms with E-state index >= 15 is 0 Å². The second-order valence-electron chi connectivity index (χ2n) is 6.26. The summed E-state index contributed by atoms with van der Waals surface area (Å²) in [5.41, 5.74) is 2.79. The van der Waals surface area contributed by atoms with Gasteiger partial charge >= 0.3 is 0 Å². The van der Waals surface area contributed by atoms with Crippen LogP contribution in [0.2, 0.25) is 0 Å². The van der Waals surface area contributed by atoms with E-state index in [9.17, 15) is 4.79 Å². The van der Waals surface area contributed by atoms with E-state index in [4.69, 9.17) is 0 Å². The summed E-state index contributed by atoms with van der Waals surface area (Å²) in [6, 6.07) is 10.7. The van der Waals surface area contributed by atoms with Crippen molar-refractivity contribution in [1.29, 1.82) is 0 Å². The molecule has 24 heavy (non-hydrogen) atoms. The monoisotopic (exact) mass is 344 g/mol. The Bertz CT molecular complexity index is 686. The van der Waals surface area contributed by atoms with Gasteiger partial charge in [-0.3, -0.25) is 9.69 Å². The van der Waals surface area contributed by atoms with E-state index in [0.29, 0.717) is 5.56 Å². The van der Waals surface area contributed by atoms with E-state index in [1.165, 1.54) is 17.1 Å². The predicted octanol–water partition coefficient (Wildman–Crippen LogP) is 2.89. The number of rotatable bonds is 5. The van der Waals surface area contributed by atoms with Gasteiger partial charge in [-0.2, -0.15) is 4.37 Å². The zero-order valence-electron chi connectivity index (χ0n) is 14.2. The first-order valence-electron chi connectivity index (χ1n) is 8.38. The fraction of sp³-hybridized carbons (Fsp3) is 0.444. The number of benzene rings is 1. The SMILES string of the molecule is CNc1snc(C)c1C(=O)NC1CCCN(Cc2ccccc2)C1. The van der Waals surface area contributed by atoms with Crippen molar-refractivity contribution in [1.82, 2.24) is 14.6 Å². The highest BCUT2D eigenvalue weighted by atomic mass is 32.1. The topological polar surface area (TPSA) is 57.3 Å². The molecule has 0 spiro atoms. The number of piperidine rings is 1. The molecule has 1 aliphatic heterocycles. The maximum absolute atomic E-state index is 12.6. The minimum Gasteiger partial charge on any atom is -0.378 e. The summed E-state index contributed by atoms with van der Waals surface area (Å²) in [6.07, 6.45) is 2.14. The molecule has 1 saturated heterocycles. The summed E-state index contributed by atoms with van der Waals surface area (Å²) in [5, 5.41) is 7.09. The normalized spacial score (nSPS) is 18.3. The third-order valence-corrected chi connectivity index (χ3v) is 5.36. The van der Waals surface area contributed by atoms with Crippen LogP contribution in [0.5, 0.6) is 0 Å². The van der Waals surface area contributed by atoms with Crippen LogP contribution in [0.4, 0.5) is 5.00 Å². The fourth-order valence-corrected chi connectivity index (χ4v) is 3.97. The lowest BCUT2D eigenvalue weighted by atomic mass is 10.0. The van der Waals surface area contributed by atoms with Gasteiger partial charge in [0.2, 0.25) is 0 Å². The van der Waals surface area contributed by atoms with Crippen molar-refractivity contribution < 1.29 is 4.79 Å². The first kappa shape index (κ1) is 16.9. The quantitative estimate of drug-likeness (QED) is 0.876. The average Bonchev–Trinajstić information content (AvgIpc) is 2.97. The van der Waals surface area contributed by atoms with Crippen LogP contribution in [0.3, 0.4) is 0 Å². The highest BCUT2D eigenvalue weighted by molar-refractivity contribution is 7.10. The summed E-state index contributed by atoms with van der Waals surface area (Å²) in [4.78, 5) is 15.1. The largest absolute Gasteiger partial charge is 0.378 e. The number of likely N-dealkylation sites (tertiary alicyclic amines) is 1. The number of carbonyl (C=O) groups excluding carboxylic acids is 1. The van der Waals surface area contributed by atoms with Gasteiger partial charge in [0, 0.05) is 26.2 Å². The molecule has 1 aliphatic rings. The second kappa shape index (κ2) is 7.77. The summed E-state index contributed by atoms with van der Waals surface area (Å²) in [5.74, 6) is -0.0165. The van der Waals surface area contributed by atoms with Gasteiger partial charge < -0.3 is 10.6 Å². The van der Waals surface area contributed by atoms with E-state index < -0.39 is 0 Å². The number of nitrogens with zero attached hydrogens (tertiary/aromatic N) is 2. The van der Waals surface area contributed by atoms with Gasteiger partial charge in [0.25, 0.3) is 5.91 Å². The molecule has 0 aliphatic carbocycles. The van der Waals surface area contributed by atoms with Crippen molar-refractivity contribution in [3.63, 3.8) is 0 Å². The van der Waals surface area contributed by atoms with E-state index in [1.807, 2.05) is 20.0 Å². The van der Waals surface area contributed by atoms with E-state index in [-0.39, 0.29) is 11.9 Å². The van der Waals surface area contributed by atoms with Gasteiger partial charge in [-0.1, -0.05) is 30.3 Å². The molecular weight excluding hydrogens is 320 g/mol. The molecule has 128 valence electrons. The maximum atomic E-state index is 12.6. The number of nitrogens with one attached hydrogen (secondary N) is 2. The number of carbonyl (C=O) groups is 1. The minimum atomic E-state index is -0.0165. The summed E-state index contributed by atoms with van der Waals surface area (Å²) < 4.78 is 4.28. The van der Waals surface area contributed by atoms with Crippen molar-refractivity contribution in [2.45, 2.75) is 32.4 Å². The highest BCUT2D eigenvalue weighted by Crippen LogP contribution is 2.24. The lowest BCUT2D eigenvalue weighted by Crippen LogP contribution is -2.47. The Balaban J connectivity index is 1.61. The second-order valence-corrected chi connectivity index (χ2v) is 7.03. The molecule has 0 saturated carbocycles. The Morgan fingerprint density at radius 3 is 2.92 bits per heavy atom. The third-order valence-electron chi connectivity index (χ3n) is 4.41. The molecule has 2 N–H and O–H groups in total. The van der Waals surface area contributed by atoms with Gasteiger partial charge in [0.15, 0.2) is 0 Å². The number of amides is 1. The van der Waals surface area contributed by atoms with Crippen molar-refractivity contribution in [2.75, 3.05) is 25.5 Å². The van der Waals surface area contributed by atoms with Crippen LogP contribution in [-0.4, -0.2) is 41.4 Å². The molecular formula is C18H24N4OS. The number of anilines is 1. The smallest absolute Gasteiger partial charge is 0.256 e. The molecule has 1 fully saturated rings. The maximum Gasteiger partial charge on any atom is 0.256 e.